The van der Waals surface area contributed by atoms with Crippen LogP contribution in [0.1, 0.15) is 67.2 Å². The maximum Gasteiger partial charge on any atom is 0.327 e. The van der Waals surface area contributed by atoms with E-state index in [4.69, 9.17) is 10.8 Å². The van der Waals surface area contributed by atoms with E-state index < -0.39 is 115 Å². The van der Waals surface area contributed by atoms with Crippen LogP contribution in [0.2, 0.25) is 0 Å². The van der Waals surface area contributed by atoms with Gasteiger partial charge in [0.05, 0.1) is 24.5 Å². The average molecular weight is 999 g/mol. The van der Waals surface area contributed by atoms with E-state index in [1.165, 1.54) is 44.4 Å². The van der Waals surface area contributed by atoms with E-state index in [2.05, 4.69) is 42.5 Å². The molecule has 3 rings (SSSR count). The number of anilines is 4. The van der Waals surface area contributed by atoms with Gasteiger partial charge < -0.3 is 68.3 Å². The number of nitrogens with one attached hydrogen (secondary N) is 8. The summed E-state index contributed by atoms with van der Waals surface area (Å²) in [5.74, 6) is -7.15. The largest absolute Gasteiger partial charge is 0.480 e. The van der Waals surface area contributed by atoms with Gasteiger partial charge in [0.15, 0.2) is 0 Å². The summed E-state index contributed by atoms with van der Waals surface area (Å²) >= 11 is 1.49. The Balaban J connectivity index is 1.66. The molecule has 24 heteroatoms. The van der Waals surface area contributed by atoms with Gasteiger partial charge in [0.25, 0.3) is 0 Å². The molecule has 386 valence electrons. The van der Waals surface area contributed by atoms with E-state index in [1.807, 2.05) is 62.3 Å². The fourth-order valence-corrected chi connectivity index (χ4v) is 7.93. The number of fused-ring (bicyclic) bond motifs is 2. The lowest BCUT2D eigenvalue weighted by molar-refractivity contribution is -0.141. The van der Waals surface area contributed by atoms with E-state index in [9.17, 15) is 48.3 Å². The number of carboxylic acid groups (broad SMARTS) is 1. The third-order valence-electron chi connectivity index (χ3n) is 11.4. The molecule has 23 nitrogen and oxygen atoms in total. The quantitative estimate of drug-likeness (QED) is 0.0577. The predicted molar refractivity (Wildman–Crippen MR) is 264 cm³/mol. The van der Waals surface area contributed by atoms with E-state index in [-0.39, 0.29) is 6.42 Å². The number of aliphatic hydroxyl groups excluding tert-OH is 1. The van der Waals surface area contributed by atoms with E-state index in [1.54, 1.807) is 26.0 Å². The highest BCUT2D eigenvalue weighted by Crippen LogP contribution is 2.50. The molecule has 2 aromatic rings. The van der Waals surface area contributed by atoms with Crippen LogP contribution < -0.4 is 63.0 Å². The summed E-state index contributed by atoms with van der Waals surface area (Å²) in [6.07, 6.45) is 1.45. The summed E-state index contributed by atoms with van der Waals surface area (Å²) in [5.41, 5.74) is 8.58. The number of benzene rings is 2. The van der Waals surface area contributed by atoms with Crippen LogP contribution in [0.4, 0.5) is 27.5 Å². The van der Waals surface area contributed by atoms with Crippen molar-refractivity contribution in [1.29, 1.82) is 0 Å². The van der Waals surface area contributed by atoms with Crippen molar-refractivity contribution in [2.24, 2.45) is 11.7 Å². The molecule has 8 atom stereocenters. The first-order valence-electron chi connectivity index (χ1n) is 23.0. The van der Waals surface area contributed by atoms with Crippen molar-refractivity contribution in [1.82, 2.24) is 42.5 Å². The van der Waals surface area contributed by atoms with Gasteiger partial charge in [0.1, 0.15) is 42.3 Å². The summed E-state index contributed by atoms with van der Waals surface area (Å²) in [5, 5.41) is 39.2. The van der Waals surface area contributed by atoms with Crippen molar-refractivity contribution in [3.05, 3.63) is 36.4 Å². The van der Waals surface area contributed by atoms with Crippen LogP contribution >= 0.6 is 11.8 Å². The number of carbonyl (C=O) groups excluding carboxylic acids is 8. The molecule has 0 saturated heterocycles. The second kappa shape index (κ2) is 26.9. The zero-order valence-corrected chi connectivity index (χ0v) is 42.2. The van der Waals surface area contributed by atoms with Crippen LogP contribution in [0.5, 0.6) is 0 Å². The van der Waals surface area contributed by atoms with Crippen molar-refractivity contribution in [3.63, 3.8) is 0 Å². The number of aliphatic hydroxyl groups is 1. The lowest BCUT2D eigenvalue weighted by Gasteiger charge is -2.33. The van der Waals surface area contributed by atoms with Gasteiger partial charge in [0, 0.05) is 49.4 Å². The topological polar surface area (TPSA) is 326 Å². The first-order valence-corrected chi connectivity index (χ1v) is 23.8. The smallest absolute Gasteiger partial charge is 0.327 e. The zero-order valence-electron chi connectivity index (χ0n) is 41.4. The van der Waals surface area contributed by atoms with Gasteiger partial charge in [-0.05, 0) is 95.8 Å². The second-order valence-electron chi connectivity index (χ2n) is 17.5. The Morgan fingerprint density at radius 1 is 0.629 bits per heavy atom. The molecule has 1 heterocycles. The third kappa shape index (κ3) is 16.2. The fraction of sp³-hybridized carbons (Fsp3) is 0.543. The molecule has 2 aromatic carbocycles. The number of carboxylic acids is 1. The van der Waals surface area contributed by atoms with Crippen molar-refractivity contribution in [2.75, 3.05) is 62.6 Å². The highest BCUT2D eigenvalue weighted by Gasteiger charge is 2.35. The number of unbranched alkanes of at least 4 members (excludes halogenated alkanes) is 1. The van der Waals surface area contributed by atoms with Gasteiger partial charge in [-0.1, -0.05) is 32.0 Å². The Morgan fingerprint density at radius 3 is 1.61 bits per heavy atom. The summed E-state index contributed by atoms with van der Waals surface area (Å²) in [6, 6.07) is 1.77. The average Bonchev–Trinajstić information content (AvgIpc) is 3.31. The molecule has 0 bridgehead atoms. The number of hydrogen-bond acceptors (Lipinski definition) is 14. The van der Waals surface area contributed by atoms with Gasteiger partial charge in [-0.25, -0.2) is 4.79 Å². The van der Waals surface area contributed by atoms with Gasteiger partial charge in [-0.15, -0.1) is 0 Å². The van der Waals surface area contributed by atoms with Crippen LogP contribution in [0.25, 0.3) is 0 Å². The molecule has 0 radical (unpaired) electrons. The minimum atomic E-state index is -1.49. The molecular weight excluding hydrogens is 929 g/mol. The van der Waals surface area contributed by atoms with E-state index in [0.717, 1.165) is 21.2 Å². The summed E-state index contributed by atoms with van der Waals surface area (Å²) < 4.78 is 0. The van der Waals surface area contributed by atoms with Crippen molar-refractivity contribution < 1.29 is 53.4 Å². The standard InChI is InChI=1S/C46H70N12O11S/c1-11-24(2)38(44(66)53-31(14-12-13-19-47)42(64)51-25(3)39(61)48-22-37(60)49-28(6)45(67)68)55-41(63)27(5)50-40(62)26(4)52-43(65)32(23-59)54-46(69)58-33-17-15-29(56(7)8)20-35(33)70-36-21-30(57(9)10)16-18-34(36)58/h15-18,20-21,24-28,31-32,38,59H,11-14,19,22-23,47H2,1-10H3,(H,48,61)(H,49,60)(H,50,62)(H,51,64)(H,52,65)(H,53,66)(H,54,69)(H,55,63)(H,67,68)/t24-,25-,26-,27-,28-,31-,32-,38-/m0/s1. The molecule has 1 aliphatic rings. The van der Waals surface area contributed by atoms with Crippen LogP contribution in [-0.2, 0) is 38.4 Å². The molecule has 0 fully saturated rings. The van der Waals surface area contributed by atoms with Gasteiger partial charge in [-0.3, -0.25) is 43.3 Å². The second-order valence-corrected chi connectivity index (χ2v) is 18.6. The van der Waals surface area contributed by atoms with Crippen LogP contribution in [0.15, 0.2) is 46.2 Å². The molecule has 0 spiro atoms. The molecule has 0 unspecified atom stereocenters. The monoisotopic (exact) mass is 999 g/mol. The number of rotatable bonds is 25. The molecule has 1 aliphatic heterocycles. The van der Waals surface area contributed by atoms with Crippen molar-refractivity contribution in [2.45, 2.75) is 119 Å². The highest BCUT2D eigenvalue weighted by molar-refractivity contribution is 7.99. The minimum absolute atomic E-state index is 0.117. The Morgan fingerprint density at radius 2 is 1.13 bits per heavy atom. The zero-order chi connectivity index (χ0) is 52.6. The number of nitrogens with two attached hydrogens (primary N) is 1. The Kier molecular flexibility index (Phi) is 22.2. The lowest BCUT2D eigenvalue weighted by Crippen LogP contribution is -2.60. The Labute approximate surface area is 412 Å². The van der Waals surface area contributed by atoms with Gasteiger partial charge in [-0.2, -0.15) is 0 Å². The van der Waals surface area contributed by atoms with Crippen molar-refractivity contribution in [3.8, 4) is 0 Å². The highest BCUT2D eigenvalue weighted by atomic mass is 32.2. The Hall–Kier alpha value is -6.66. The molecule has 0 aromatic heterocycles. The number of nitrogens with zero attached hydrogens (tertiary/aromatic N) is 3. The summed E-state index contributed by atoms with van der Waals surface area (Å²) in [7, 11) is 7.60. The van der Waals surface area contributed by atoms with Crippen LogP contribution in [0, 0.1) is 5.92 Å². The van der Waals surface area contributed by atoms with Gasteiger partial charge in [0.2, 0.25) is 41.4 Å². The van der Waals surface area contributed by atoms with Crippen LogP contribution in [0.3, 0.4) is 0 Å². The number of carbonyl (C=O) groups is 9. The van der Waals surface area contributed by atoms with Crippen molar-refractivity contribution >= 4 is 87.9 Å². The predicted octanol–water partition coefficient (Wildman–Crippen LogP) is -0.144. The third-order valence-corrected chi connectivity index (χ3v) is 12.5. The number of urea groups is 1. The minimum Gasteiger partial charge on any atom is -0.480 e. The number of amides is 9. The molecule has 12 N–H and O–H groups in total. The molecule has 0 aliphatic carbocycles. The molecule has 0 saturated carbocycles. The molecule has 9 amide bonds. The summed E-state index contributed by atoms with van der Waals surface area (Å²) in [4.78, 5) is 124. The van der Waals surface area contributed by atoms with E-state index in [0.29, 0.717) is 37.2 Å². The van der Waals surface area contributed by atoms with Gasteiger partial charge >= 0.3 is 12.0 Å². The maximum atomic E-state index is 14.1. The van der Waals surface area contributed by atoms with E-state index >= 15 is 0 Å². The SMILES string of the molecule is CC[C@H](C)[C@H](NC(=O)[C@H](C)NC(=O)[C@H](C)NC(=O)[C@H](CO)NC(=O)N1c2ccc(N(C)C)cc2Sc2cc(N(C)C)ccc21)C(=O)N[C@@H](CCCCN)C(=O)N[C@@H](C)C(=O)NCC(=O)N[C@@H](C)C(=O)O. The first-order chi connectivity index (χ1) is 32.9. The molecule has 70 heavy (non-hydrogen) atoms. The molecular formula is C46H70N12O11S. The normalized spacial score (nSPS) is 15.0. The first kappa shape index (κ1) is 57.7. The lowest BCUT2D eigenvalue weighted by atomic mass is 9.97. The van der Waals surface area contributed by atoms with Crippen LogP contribution in [-0.4, -0.2) is 154 Å². The number of hydrogen-bond donors (Lipinski definition) is 11. The Bertz CT molecular complexity index is 2170. The number of aliphatic carboxylic acids is 1. The fourth-order valence-electron chi connectivity index (χ4n) is 6.81. The maximum absolute atomic E-state index is 14.1. The summed E-state index contributed by atoms with van der Waals surface area (Å²) in [6.45, 7) is 7.75.